The molecule has 1 saturated carbocycles. The molecule has 0 aromatic carbocycles. The molecule has 0 aliphatic heterocycles. The minimum absolute atomic E-state index is 0.374. The van der Waals surface area contributed by atoms with Gasteiger partial charge in [-0.3, -0.25) is 4.79 Å². The summed E-state index contributed by atoms with van der Waals surface area (Å²) in [5.74, 6) is 2.33. The zero-order valence-electron chi connectivity index (χ0n) is 9.37. The number of carboxylic acid groups (broad SMARTS) is 1. The van der Waals surface area contributed by atoms with Crippen molar-refractivity contribution in [1.29, 1.82) is 0 Å². The molecule has 0 spiro atoms. The van der Waals surface area contributed by atoms with Gasteiger partial charge in [-0.1, -0.05) is 12.8 Å². The van der Waals surface area contributed by atoms with Gasteiger partial charge in [-0.05, 0) is 43.7 Å². The maximum absolute atomic E-state index is 10.7. The molecule has 1 unspecified atom stereocenters. The first-order valence-corrected chi connectivity index (χ1v) is 6.87. The number of likely N-dealkylation sites (N-methyl/N-ethyl adjacent to an activating group) is 1. The maximum atomic E-state index is 10.7. The van der Waals surface area contributed by atoms with E-state index in [2.05, 4.69) is 5.32 Å². The molecule has 15 heavy (non-hydrogen) atoms. The number of carbonyl (C=O) groups is 1. The lowest BCUT2D eigenvalue weighted by molar-refractivity contribution is -0.139. The topological polar surface area (TPSA) is 49.3 Å². The summed E-state index contributed by atoms with van der Waals surface area (Å²) in [4.78, 5) is 10.7. The highest BCUT2D eigenvalue weighted by Crippen LogP contribution is 2.28. The van der Waals surface area contributed by atoms with Crippen molar-refractivity contribution in [1.82, 2.24) is 5.32 Å². The Kier molecular flexibility index (Phi) is 6.10. The normalized spacial score (nSPS) is 19.3. The Labute approximate surface area is 96.0 Å². The molecule has 2 N–H and O–H groups in total. The van der Waals surface area contributed by atoms with E-state index in [0.29, 0.717) is 0 Å². The molecule has 0 aromatic heterocycles. The van der Waals surface area contributed by atoms with E-state index in [1.165, 1.54) is 31.4 Å². The van der Waals surface area contributed by atoms with Gasteiger partial charge in [-0.15, -0.1) is 0 Å². The van der Waals surface area contributed by atoms with Gasteiger partial charge < -0.3 is 10.4 Å². The third-order valence-electron chi connectivity index (χ3n) is 3.03. The monoisotopic (exact) mass is 231 g/mol. The van der Waals surface area contributed by atoms with E-state index in [-0.39, 0.29) is 6.04 Å². The fourth-order valence-electron chi connectivity index (χ4n) is 2.02. The van der Waals surface area contributed by atoms with Crippen LogP contribution in [0, 0.1) is 5.92 Å². The third kappa shape index (κ3) is 4.89. The van der Waals surface area contributed by atoms with E-state index in [0.717, 1.165) is 18.1 Å². The van der Waals surface area contributed by atoms with Crippen LogP contribution in [0.15, 0.2) is 0 Å². The third-order valence-corrected chi connectivity index (χ3v) is 4.26. The van der Waals surface area contributed by atoms with Gasteiger partial charge in [0.15, 0.2) is 0 Å². The van der Waals surface area contributed by atoms with Gasteiger partial charge in [0.2, 0.25) is 0 Å². The minimum Gasteiger partial charge on any atom is -0.480 e. The van der Waals surface area contributed by atoms with Crippen LogP contribution < -0.4 is 5.32 Å². The summed E-state index contributed by atoms with van der Waals surface area (Å²) in [6.45, 7) is 0. The second kappa shape index (κ2) is 7.12. The number of hydrogen-bond donors (Lipinski definition) is 2. The molecule has 0 aromatic rings. The van der Waals surface area contributed by atoms with E-state index in [1.807, 2.05) is 11.8 Å². The Morgan fingerprint density at radius 3 is 2.73 bits per heavy atom. The van der Waals surface area contributed by atoms with Crippen LogP contribution in [0.4, 0.5) is 0 Å². The second-order valence-electron chi connectivity index (χ2n) is 4.19. The van der Waals surface area contributed by atoms with Crippen LogP contribution in [-0.4, -0.2) is 35.7 Å². The highest BCUT2D eigenvalue weighted by Gasteiger charge is 2.16. The van der Waals surface area contributed by atoms with Crippen molar-refractivity contribution in [2.24, 2.45) is 5.92 Å². The van der Waals surface area contributed by atoms with E-state index < -0.39 is 5.97 Å². The molecule has 0 radical (unpaired) electrons. The molecular formula is C11H21NO2S. The predicted octanol–water partition coefficient (Wildman–Crippen LogP) is 1.97. The average Bonchev–Trinajstić information content (AvgIpc) is 2.70. The summed E-state index contributed by atoms with van der Waals surface area (Å²) in [6, 6.07) is -0.374. The van der Waals surface area contributed by atoms with Crippen molar-refractivity contribution in [3.63, 3.8) is 0 Å². The first kappa shape index (κ1) is 12.8. The highest BCUT2D eigenvalue weighted by molar-refractivity contribution is 7.99. The number of carboxylic acids is 1. The molecule has 1 fully saturated rings. The van der Waals surface area contributed by atoms with Crippen molar-refractivity contribution >= 4 is 17.7 Å². The highest BCUT2D eigenvalue weighted by atomic mass is 32.2. The van der Waals surface area contributed by atoms with Gasteiger partial charge >= 0.3 is 5.97 Å². The van der Waals surface area contributed by atoms with Crippen molar-refractivity contribution in [3.8, 4) is 0 Å². The number of aliphatic carboxylic acids is 1. The standard InChI is InChI=1S/C11H21NO2S/c1-12-10(11(13)14)6-7-15-8-9-4-2-3-5-9/h9-10,12H,2-8H2,1H3,(H,13,14). The first-order chi connectivity index (χ1) is 7.24. The lowest BCUT2D eigenvalue weighted by atomic mass is 10.1. The average molecular weight is 231 g/mol. The molecule has 1 atom stereocenters. The molecular weight excluding hydrogens is 210 g/mol. The van der Waals surface area contributed by atoms with Crippen LogP contribution in [0.3, 0.4) is 0 Å². The molecule has 0 heterocycles. The van der Waals surface area contributed by atoms with Gasteiger partial charge in [-0.2, -0.15) is 11.8 Å². The molecule has 88 valence electrons. The van der Waals surface area contributed by atoms with Crippen LogP contribution in [0.2, 0.25) is 0 Å². The van der Waals surface area contributed by atoms with E-state index >= 15 is 0 Å². The van der Waals surface area contributed by atoms with Gasteiger partial charge in [0.05, 0.1) is 0 Å². The van der Waals surface area contributed by atoms with E-state index in [4.69, 9.17) is 5.11 Å². The maximum Gasteiger partial charge on any atom is 0.320 e. The molecule has 1 rings (SSSR count). The summed E-state index contributed by atoms with van der Waals surface area (Å²) >= 11 is 1.91. The van der Waals surface area contributed by atoms with E-state index in [1.54, 1.807) is 7.05 Å². The largest absolute Gasteiger partial charge is 0.480 e. The zero-order valence-corrected chi connectivity index (χ0v) is 10.2. The van der Waals surface area contributed by atoms with E-state index in [9.17, 15) is 4.79 Å². The fraction of sp³-hybridized carbons (Fsp3) is 0.909. The zero-order chi connectivity index (χ0) is 11.1. The Morgan fingerprint density at radius 2 is 2.20 bits per heavy atom. The number of hydrogen-bond acceptors (Lipinski definition) is 3. The second-order valence-corrected chi connectivity index (χ2v) is 5.34. The van der Waals surface area contributed by atoms with Crippen LogP contribution in [0.1, 0.15) is 32.1 Å². The molecule has 1 aliphatic carbocycles. The molecule has 1 aliphatic rings. The summed E-state index contributed by atoms with van der Waals surface area (Å²) in [5.41, 5.74) is 0. The quantitative estimate of drug-likeness (QED) is 0.658. The van der Waals surface area contributed by atoms with Crippen molar-refractivity contribution < 1.29 is 9.90 Å². The molecule has 0 amide bonds. The smallest absolute Gasteiger partial charge is 0.320 e. The molecule has 0 saturated heterocycles. The first-order valence-electron chi connectivity index (χ1n) is 5.72. The Bertz CT molecular complexity index is 193. The Morgan fingerprint density at radius 1 is 1.53 bits per heavy atom. The fourth-order valence-corrected chi connectivity index (χ4v) is 3.26. The lowest BCUT2D eigenvalue weighted by Crippen LogP contribution is -2.34. The van der Waals surface area contributed by atoms with Crippen molar-refractivity contribution in [3.05, 3.63) is 0 Å². The van der Waals surface area contributed by atoms with Crippen molar-refractivity contribution in [2.75, 3.05) is 18.6 Å². The summed E-state index contributed by atoms with van der Waals surface area (Å²) in [5, 5.41) is 11.6. The summed E-state index contributed by atoms with van der Waals surface area (Å²) < 4.78 is 0. The van der Waals surface area contributed by atoms with Gasteiger partial charge in [0.25, 0.3) is 0 Å². The SMILES string of the molecule is CNC(CCSCC1CCCC1)C(=O)O. The lowest BCUT2D eigenvalue weighted by Gasteiger charge is -2.12. The van der Waals surface area contributed by atoms with Crippen LogP contribution in [0.5, 0.6) is 0 Å². The van der Waals surface area contributed by atoms with Crippen LogP contribution >= 0.6 is 11.8 Å². The number of thioether (sulfide) groups is 1. The Hall–Kier alpha value is -0.220. The Balaban J connectivity index is 2.02. The number of rotatable bonds is 7. The van der Waals surface area contributed by atoms with Crippen LogP contribution in [-0.2, 0) is 4.79 Å². The van der Waals surface area contributed by atoms with Gasteiger partial charge in [-0.25, -0.2) is 0 Å². The summed E-state index contributed by atoms with van der Waals surface area (Å²) in [6.07, 6.45) is 6.25. The molecule has 4 heteroatoms. The van der Waals surface area contributed by atoms with Crippen molar-refractivity contribution in [2.45, 2.75) is 38.1 Å². The van der Waals surface area contributed by atoms with Gasteiger partial charge in [0, 0.05) is 0 Å². The predicted molar refractivity (Wildman–Crippen MR) is 64.4 cm³/mol. The molecule has 0 bridgehead atoms. The summed E-state index contributed by atoms with van der Waals surface area (Å²) in [7, 11) is 1.71. The van der Waals surface area contributed by atoms with Gasteiger partial charge in [0.1, 0.15) is 6.04 Å². The van der Waals surface area contributed by atoms with Crippen LogP contribution in [0.25, 0.3) is 0 Å². The molecule has 3 nitrogen and oxygen atoms in total. The minimum atomic E-state index is -0.737. The number of nitrogens with one attached hydrogen (secondary N) is 1.